The largest absolute Gasteiger partial charge is 0.370 e. The highest BCUT2D eigenvalue weighted by Gasteiger charge is 2.08. The molecular formula is C16H15BrFNO. The summed E-state index contributed by atoms with van der Waals surface area (Å²) in [7, 11) is 1.96. The van der Waals surface area contributed by atoms with Crippen LogP contribution in [0, 0.1) is 5.82 Å². The molecule has 0 fully saturated rings. The molecule has 0 unspecified atom stereocenters. The Balaban J connectivity index is 2.17. The van der Waals surface area contributed by atoms with Crippen LogP contribution in [-0.2, 0) is 6.54 Å². The molecule has 0 amide bonds. The van der Waals surface area contributed by atoms with Crippen molar-refractivity contribution in [2.75, 3.05) is 11.9 Å². The average molecular weight is 336 g/mol. The number of anilines is 1. The molecule has 0 aromatic heterocycles. The van der Waals surface area contributed by atoms with Crippen LogP contribution in [0.2, 0.25) is 0 Å². The summed E-state index contributed by atoms with van der Waals surface area (Å²) < 4.78 is 13.7. The normalized spacial score (nSPS) is 10.4. The van der Waals surface area contributed by atoms with E-state index < -0.39 is 0 Å². The number of carbonyl (C=O) groups excluding carboxylic acids is 1. The third-order valence-electron chi connectivity index (χ3n) is 3.11. The molecular weight excluding hydrogens is 321 g/mol. The first-order valence-electron chi connectivity index (χ1n) is 6.23. The van der Waals surface area contributed by atoms with Gasteiger partial charge >= 0.3 is 0 Å². The predicted octanol–water partition coefficient (Wildman–Crippen LogP) is 4.43. The highest BCUT2D eigenvalue weighted by atomic mass is 79.9. The topological polar surface area (TPSA) is 20.3 Å². The van der Waals surface area contributed by atoms with Crippen molar-refractivity contribution in [1.29, 1.82) is 0 Å². The zero-order valence-corrected chi connectivity index (χ0v) is 12.9. The molecule has 0 saturated heterocycles. The molecule has 0 spiro atoms. The Labute approximate surface area is 126 Å². The molecule has 0 heterocycles. The molecule has 0 radical (unpaired) electrons. The van der Waals surface area contributed by atoms with E-state index in [-0.39, 0.29) is 11.6 Å². The Bertz CT molecular complexity index is 625. The minimum Gasteiger partial charge on any atom is -0.370 e. The van der Waals surface area contributed by atoms with Crippen LogP contribution in [0.25, 0.3) is 0 Å². The lowest BCUT2D eigenvalue weighted by Crippen LogP contribution is -2.16. The number of benzene rings is 2. The first kappa shape index (κ1) is 14.7. The van der Waals surface area contributed by atoms with Gasteiger partial charge in [0.25, 0.3) is 0 Å². The summed E-state index contributed by atoms with van der Waals surface area (Å²) >= 11 is 3.41. The van der Waals surface area contributed by atoms with Gasteiger partial charge < -0.3 is 4.90 Å². The Kier molecular flexibility index (Phi) is 4.55. The van der Waals surface area contributed by atoms with Crippen molar-refractivity contribution >= 4 is 27.4 Å². The van der Waals surface area contributed by atoms with Crippen LogP contribution in [-0.4, -0.2) is 12.8 Å². The molecule has 0 atom stereocenters. The van der Waals surface area contributed by atoms with Gasteiger partial charge in [0.05, 0.1) is 0 Å². The number of halogens is 2. The van der Waals surface area contributed by atoms with E-state index in [9.17, 15) is 9.18 Å². The van der Waals surface area contributed by atoms with E-state index in [4.69, 9.17) is 0 Å². The number of ketones is 1. The molecule has 2 aromatic carbocycles. The maximum absolute atomic E-state index is 12.9. The Morgan fingerprint density at radius 3 is 2.40 bits per heavy atom. The minimum atomic E-state index is -0.232. The first-order valence-corrected chi connectivity index (χ1v) is 7.03. The third-order valence-corrected chi connectivity index (χ3v) is 3.76. The van der Waals surface area contributed by atoms with Gasteiger partial charge in [0.15, 0.2) is 5.78 Å². The van der Waals surface area contributed by atoms with Crippen molar-refractivity contribution in [1.82, 2.24) is 0 Å². The first-order chi connectivity index (χ1) is 9.47. The number of Topliss-reactive ketones (excluding diaryl/α,β-unsaturated/α-hetero) is 1. The fraction of sp³-hybridized carbons (Fsp3) is 0.188. The molecule has 2 nitrogen and oxygen atoms in total. The monoisotopic (exact) mass is 335 g/mol. The van der Waals surface area contributed by atoms with Crippen molar-refractivity contribution in [3.63, 3.8) is 0 Å². The molecule has 4 heteroatoms. The number of carbonyl (C=O) groups is 1. The van der Waals surface area contributed by atoms with Crippen molar-refractivity contribution in [2.45, 2.75) is 13.5 Å². The summed E-state index contributed by atoms with van der Waals surface area (Å²) in [5.74, 6) is -0.199. The van der Waals surface area contributed by atoms with Crippen molar-refractivity contribution in [3.05, 3.63) is 63.9 Å². The van der Waals surface area contributed by atoms with Gasteiger partial charge in [-0.25, -0.2) is 4.39 Å². The summed E-state index contributed by atoms with van der Waals surface area (Å²) in [6, 6.07) is 12.1. The smallest absolute Gasteiger partial charge is 0.160 e. The molecule has 0 aliphatic rings. The Hall–Kier alpha value is -1.68. The quantitative estimate of drug-likeness (QED) is 0.770. The second kappa shape index (κ2) is 6.18. The molecule has 2 aromatic rings. The SMILES string of the molecule is CC(=O)c1ccc(N(C)Cc2ccc(F)cc2)cc1Br. The number of hydrogen-bond acceptors (Lipinski definition) is 2. The van der Waals surface area contributed by atoms with E-state index in [1.165, 1.54) is 12.1 Å². The van der Waals surface area contributed by atoms with Gasteiger partial charge in [0, 0.05) is 29.3 Å². The minimum absolute atomic E-state index is 0.0320. The van der Waals surface area contributed by atoms with Crippen LogP contribution in [0.4, 0.5) is 10.1 Å². The summed E-state index contributed by atoms with van der Waals surface area (Å²) in [6.07, 6.45) is 0. The van der Waals surface area contributed by atoms with Crippen LogP contribution in [0.3, 0.4) is 0 Å². The lowest BCUT2D eigenvalue weighted by atomic mass is 10.1. The molecule has 0 bridgehead atoms. The zero-order valence-electron chi connectivity index (χ0n) is 11.4. The third kappa shape index (κ3) is 3.45. The van der Waals surface area contributed by atoms with Crippen LogP contribution in [0.5, 0.6) is 0 Å². The summed E-state index contributed by atoms with van der Waals surface area (Å²) in [4.78, 5) is 13.4. The van der Waals surface area contributed by atoms with E-state index in [2.05, 4.69) is 15.9 Å². The molecule has 104 valence electrons. The molecule has 0 N–H and O–H groups in total. The summed E-state index contributed by atoms with van der Waals surface area (Å²) in [5.41, 5.74) is 2.69. The van der Waals surface area contributed by atoms with Gasteiger partial charge in [0.2, 0.25) is 0 Å². The lowest BCUT2D eigenvalue weighted by molar-refractivity contribution is 0.101. The zero-order chi connectivity index (χ0) is 14.7. The van der Waals surface area contributed by atoms with Gasteiger partial charge in [-0.15, -0.1) is 0 Å². The number of hydrogen-bond donors (Lipinski definition) is 0. The predicted molar refractivity (Wildman–Crippen MR) is 82.7 cm³/mol. The van der Waals surface area contributed by atoms with E-state index >= 15 is 0 Å². The van der Waals surface area contributed by atoms with E-state index in [1.807, 2.05) is 30.1 Å². The van der Waals surface area contributed by atoms with Gasteiger partial charge in [0.1, 0.15) is 5.82 Å². The second-order valence-corrected chi connectivity index (χ2v) is 5.56. The average Bonchev–Trinajstić information content (AvgIpc) is 2.40. The van der Waals surface area contributed by atoms with Crippen LogP contribution in [0.1, 0.15) is 22.8 Å². The van der Waals surface area contributed by atoms with Crippen LogP contribution < -0.4 is 4.90 Å². The molecule has 2 rings (SSSR count). The highest BCUT2D eigenvalue weighted by Crippen LogP contribution is 2.25. The Morgan fingerprint density at radius 2 is 1.85 bits per heavy atom. The molecule has 0 aliphatic carbocycles. The van der Waals surface area contributed by atoms with Crippen LogP contribution >= 0.6 is 15.9 Å². The Morgan fingerprint density at radius 1 is 1.20 bits per heavy atom. The van der Waals surface area contributed by atoms with Gasteiger partial charge in [-0.3, -0.25) is 4.79 Å². The lowest BCUT2D eigenvalue weighted by Gasteiger charge is -2.20. The second-order valence-electron chi connectivity index (χ2n) is 4.70. The molecule has 0 aliphatic heterocycles. The van der Waals surface area contributed by atoms with Gasteiger partial charge in [-0.05, 0) is 58.7 Å². The number of nitrogens with zero attached hydrogens (tertiary/aromatic N) is 1. The van der Waals surface area contributed by atoms with E-state index in [0.717, 1.165) is 15.7 Å². The maximum atomic E-state index is 12.9. The fourth-order valence-electron chi connectivity index (χ4n) is 1.98. The van der Waals surface area contributed by atoms with Gasteiger partial charge in [-0.2, -0.15) is 0 Å². The van der Waals surface area contributed by atoms with Crippen molar-refractivity contribution in [3.8, 4) is 0 Å². The molecule has 0 saturated carbocycles. The standard InChI is InChI=1S/C16H15BrFNO/c1-11(20)15-8-7-14(9-16(15)17)19(2)10-12-3-5-13(18)6-4-12/h3-9H,10H2,1-2H3. The van der Waals surface area contributed by atoms with E-state index in [0.29, 0.717) is 12.1 Å². The fourth-order valence-corrected chi connectivity index (χ4v) is 2.63. The van der Waals surface area contributed by atoms with Crippen molar-refractivity contribution < 1.29 is 9.18 Å². The van der Waals surface area contributed by atoms with Crippen LogP contribution in [0.15, 0.2) is 46.9 Å². The summed E-state index contributed by atoms with van der Waals surface area (Å²) in [5, 5.41) is 0. The highest BCUT2D eigenvalue weighted by molar-refractivity contribution is 9.10. The van der Waals surface area contributed by atoms with Gasteiger partial charge in [-0.1, -0.05) is 12.1 Å². The van der Waals surface area contributed by atoms with Crippen molar-refractivity contribution in [2.24, 2.45) is 0 Å². The van der Waals surface area contributed by atoms with E-state index in [1.54, 1.807) is 19.1 Å². The maximum Gasteiger partial charge on any atom is 0.160 e. The number of rotatable bonds is 4. The molecule has 20 heavy (non-hydrogen) atoms. The summed E-state index contributed by atoms with van der Waals surface area (Å²) in [6.45, 7) is 2.22.